The van der Waals surface area contributed by atoms with Gasteiger partial charge in [-0.2, -0.15) is 4.98 Å². The van der Waals surface area contributed by atoms with Crippen molar-refractivity contribution in [3.63, 3.8) is 0 Å². The van der Waals surface area contributed by atoms with E-state index in [0.29, 0.717) is 42.8 Å². The van der Waals surface area contributed by atoms with E-state index in [2.05, 4.69) is 15.3 Å². The Labute approximate surface area is 250 Å². The predicted molar refractivity (Wildman–Crippen MR) is 167 cm³/mol. The number of carbonyl (C=O) groups is 1. The second kappa shape index (κ2) is 11.2. The van der Waals surface area contributed by atoms with E-state index in [-0.39, 0.29) is 11.7 Å². The summed E-state index contributed by atoms with van der Waals surface area (Å²) in [7, 11) is 0. The number of aromatic nitrogens is 4. The number of amides is 1. The van der Waals surface area contributed by atoms with Gasteiger partial charge in [-0.1, -0.05) is 12.1 Å². The molecule has 1 unspecified atom stereocenters. The van der Waals surface area contributed by atoms with Gasteiger partial charge in [-0.25, -0.2) is 14.8 Å². The maximum absolute atomic E-state index is 14.3. The maximum Gasteiger partial charge on any atom is 0.414 e. The van der Waals surface area contributed by atoms with Gasteiger partial charge in [0.25, 0.3) is 5.56 Å². The van der Waals surface area contributed by atoms with Crippen LogP contribution in [-0.4, -0.2) is 50.4 Å². The maximum atomic E-state index is 14.3. The fourth-order valence-corrected chi connectivity index (χ4v) is 5.65. The average molecular weight is 584 g/mol. The molecule has 0 aliphatic carbocycles. The van der Waals surface area contributed by atoms with Crippen LogP contribution < -0.4 is 25.4 Å². The zero-order valence-corrected chi connectivity index (χ0v) is 25.3. The highest BCUT2D eigenvalue weighted by atomic mass is 16.6. The minimum absolute atomic E-state index is 0.0242. The van der Waals surface area contributed by atoms with Gasteiger partial charge in [-0.3, -0.25) is 14.3 Å². The Bertz CT molecular complexity index is 1750. The van der Waals surface area contributed by atoms with E-state index in [9.17, 15) is 9.59 Å². The number of fused-ring (bicyclic) bond motifs is 4. The summed E-state index contributed by atoms with van der Waals surface area (Å²) in [5.41, 5.74) is 3.50. The number of benzene rings is 1. The lowest BCUT2D eigenvalue weighted by Crippen LogP contribution is -2.46. The van der Waals surface area contributed by atoms with Gasteiger partial charge in [0.05, 0.1) is 17.5 Å². The first kappa shape index (κ1) is 28.4. The normalized spacial score (nSPS) is 17.1. The number of ether oxygens (including phenoxy) is 2. The van der Waals surface area contributed by atoms with E-state index < -0.39 is 11.7 Å². The van der Waals surface area contributed by atoms with Crippen LogP contribution in [-0.2, 0) is 11.3 Å². The molecule has 43 heavy (non-hydrogen) atoms. The third-order valence-corrected chi connectivity index (χ3v) is 7.59. The number of carbonyl (C=O) groups excluding carboxylic acids is 1. The smallest absolute Gasteiger partial charge is 0.414 e. The van der Waals surface area contributed by atoms with Crippen LogP contribution in [0.25, 0.3) is 11.0 Å². The van der Waals surface area contributed by atoms with Crippen molar-refractivity contribution in [3.05, 3.63) is 64.7 Å². The Morgan fingerprint density at radius 1 is 1.07 bits per heavy atom. The zero-order valence-electron chi connectivity index (χ0n) is 25.3. The molecule has 11 nitrogen and oxygen atoms in total. The largest absolute Gasteiger partial charge is 0.475 e. The molecule has 224 valence electrons. The van der Waals surface area contributed by atoms with Crippen molar-refractivity contribution >= 4 is 45.8 Å². The van der Waals surface area contributed by atoms with Crippen LogP contribution in [0, 0.1) is 6.92 Å². The number of aryl methyl sites for hydroxylation is 2. The Morgan fingerprint density at radius 3 is 2.72 bits per heavy atom. The van der Waals surface area contributed by atoms with Crippen molar-refractivity contribution in [1.29, 1.82) is 0 Å². The fraction of sp³-hybridized carbons (Fsp3) is 0.406. The summed E-state index contributed by atoms with van der Waals surface area (Å²) in [6.07, 6.45) is 5.46. The number of para-hydroxylation sites is 1. The molecule has 0 saturated carbocycles. The molecule has 1 amide bonds. The molecule has 5 heterocycles. The van der Waals surface area contributed by atoms with Crippen molar-refractivity contribution in [1.82, 2.24) is 19.5 Å². The van der Waals surface area contributed by atoms with Gasteiger partial charge in [-0.05, 0) is 77.6 Å². The minimum atomic E-state index is -0.626. The highest BCUT2D eigenvalue weighted by Gasteiger charge is 2.33. The Kier molecular flexibility index (Phi) is 7.41. The molecule has 4 aromatic rings. The Hall–Kier alpha value is -4.67. The number of rotatable bonds is 1. The van der Waals surface area contributed by atoms with Crippen molar-refractivity contribution < 1.29 is 14.3 Å². The van der Waals surface area contributed by atoms with E-state index in [1.165, 1.54) is 0 Å². The van der Waals surface area contributed by atoms with Crippen LogP contribution in [0.1, 0.15) is 52.5 Å². The molecule has 1 N–H and O–H groups in total. The van der Waals surface area contributed by atoms with E-state index >= 15 is 0 Å². The van der Waals surface area contributed by atoms with E-state index in [1.807, 2.05) is 75.9 Å². The molecule has 0 radical (unpaired) electrons. The summed E-state index contributed by atoms with van der Waals surface area (Å²) in [6, 6.07) is 11.4. The number of nitrogens with zero attached hydrogens (tertiary/aromatic N) is 6. The lowest BCUT2D eigenvalue weighted by atomic mass is 10.1. The quantitative estimate of drug-likeness (QED) is 0.285. The standard InChI is InChI=1S/C32H37N7O4/c1-20-9-8-11-24-27(20)38(31(41)43-32(3,4)5)16-15-37(24)25-17-22-19-34-30-35-23-12-13-33-26(18-23)42-21(2)10-6-7-14-39(29(25)40)28(22)36-30/h8-9,11-13,17-19,21H,6-7,10,14-16H2,1-5H3,(H,34,35,36). The van der Waals surface area contributed by atoms with Crippen LogP contribution in [0.3, 0.4) is 0 Å². The van der Waals surface area contributed by atoms with E-state index in [4.69, 9.17) is 14.5 Å². The highest BCUT2D eigenvalue weighted by molar-refractivity contribution is 5.97. The first-order chi connectivity index (χ1) is 20.6. The molecule has 2 aliphatic heterocycles. The molecule has 11 heteroatoms. The lowest BCUT2D eigenvalue weighted by molar-refractivity contribution is 0.0580. The molecule has 0 saturated heterocycles. The van der Waals surface area contributed by atoms with Crippen LogP contribution in [0.5, 0.6) is 5.88 Å². The van der Waals surface area contributed by atoms with Crippen molar-refractivity contribution in [2.75, 3.05) is 28.2 Å². The van der Waals surface area contributed by atoms with Gasteiger partial charge in [0.15, 0.2) is 0 Å². The molecule has 6 rings (SSSR count). The van der Waals surface area contributed by atoms with Crippen LogP contribution in [0.4, 0.5) is 33.5 Å². The molecule has 3 aromatic heterocycles. The van der Waals surface area contributed by atoms with Crippen molar-refractivity contribution in [2.45, 2.75) is 72.1 Å². The van der Waals surface area contributed by atoms with Crippen LogP contribution >= 0.6 is 0 Å². The summed E-state index contributed by atoms with van der Waals surface area (Å²) >= 11 is 0. The number of hydrogen-bond acceptors (Lipinski definition) is 9. The summed E-state index contributed by atoms with van der Waals surface area (Å²) < 4.78 is 13.5. The first-order valence-electron chi connectivity index (χ1n) is 14.8. The van der Waals surface area contributed by atoms with Gasteiger partial charge in [-0.15, -0.1) is 0 Å². The summed E-state index contributed by atoms with van der Waals surface area (Å²) in [6.45, 7) is 10.9. The van der Waals surface area contributed by atoms with Gasteiger partial charge >= 0.3 is 6.09 Å². The van der Waals surface area contributed by atoms with E-state index in [0.717, 1.165) is 47.3 Å². The Morgan fingerprint density at radius 2 is 1.91 bits per heavy atom. The SMILES string of the molecule is Cc1cccc2c1N(C(=O)OC(C)(C)C)CCN2c1cc2cnc3nc2n(c1=O)CCCCC(C)Oc1cc(ccn1)N3. The third-order valence-electron chi connectivity index (χ3n) is 7.59. The number of hydrogen-bond donors (Lipinski definition) is 1. The van der Waals surface area contributed by atoms with Crippen LogP contribution in [0.2, 0.25) is 0 Å². The van der Waals surface area contributed by atoms with Crippen molar-refractivity contribution in [2.24, 2.45) is 0 Å². The minimum Gasteiger partial charge on any atom is -0.475 e. The second-order valence-electron chi connectivity index (χ2n) is 12.1. The van der Waals surface area contributed by atoms with Gasteiger partial charge in [0, 0.05) is 49.2 Å². The first-order valence-corrected chi connectivity index (χ1v) is 14.8. The molecule has 4 bridgehead atoms. The predicted octanol–water partition coefficient (Wildman–Crippen LogP) is 6.08. The zero-order chi connectivity index (χ0) is 30.3. The third kappa shape index (κ3) is 5.84. The highest BCUT2D eigenvalue weighted by Crippen LogP contribution is 2.40. The number of nitrogens with one attached hydrogen (secondary N) is 1. The molecular weight excluding hydrogens is 546 g/mol. The van der Waals surface area contributed by atoms with Gasteiger partial charge < -0.3 is 19.7 Å². The molecule has 0 fully saturated rings. The molecule has 1 aromatic carbocycles. The monoisotopic (exact) mass is 583 g/mol. The molecule has 0 spiro atoms. The average Bonchev–Trinajstić information content (AvgIpc) is 2.95. The molecule has 2 aliphatic rings. The number of pyridine rings is 2. The summed E-state index contributed by atoms with van der Waals surface area (Å²) in [5, 5.41) is 3.98. The topological polar surface area (TPSA) is 115 Å². The molecule has 1 atom stereocenters. The van der Waals surface area contributed by atoms with E-state index in [1.54, 1.807) is 21.9 Å². The molecular formula is C32H37N7O4. The van der Waals surface area contributed by atoms with Crippen molar-refractivity contribution in [3.8, 4) is 5.88 Å². The Balaban J connectivity index is 1.44. The summed E-state index contributed by atoms with van der Waals surface area (Å²) in [5.74, 6) is 0.918. The second-order valence-corrected chi connectivity index (χ2v) is 12.1. The van der Waals surface area contributed by atoms with Crippen LogP contribution in [0.15, 0.2) is 53.6 Å². The van der Waals surface area contributed by atoms with Gasteiger partial charge in [0.1, 0.15) is 16.9 Å². The number of anilines is 5. The lowest BCUT2D eigenvalue weighted by Gasteiger charge is -2.39. The summed E-state index contributed by atoms with van der Waals surface area (Å²) in [4.78, 5) is 44.8. The van der Waals surface area contributed by atoms with Gasteiger partial charge in [0.2, 0.25) is 11.8 Å². The fourth-order valence-electron chi connectivity index (χ4n) is 5.65.